The number of hydrogen-bond acceptors (Lipinski definition) is 5. The highest BCUT2D eigenvalue weighted by Gasteiger charge is 2.58. The molecule has 2 aliphatic carbocycles. The Morgan fingerprint density at radius 2 is 1.79 bits per heavy atom. The maximum absolute atomic E-state index is 12.7. The van der Waals surface area contributed by atoms with Gasteiger partial charge in [-0.25, -0.2) is 4.79 Å². The van der Waals surface area contributed by atoms with E-state index in [1.807, 2.05) is 18.2 Å². The lowest BCUT2D eigenvalue weighted by molar-refractivity contribution is -0.174. The molecule has 0 radical (unpaired) electrons. The molecule has 0 amide bonds. The lowest BCUT2D eigenvalue weighted by Crippen LogP contribution is -2.58. The first-order valence-electron chi connectivity index (χ1n) is 10.7. The van der Waals surface area contributed by atoms with Crippen molar-refractivity contribution in [1.82, 2.24) is 0 Å². The number of hydrogen-bond donors (Lipinski definition) is 1. The number of rotatable bonds is 5. The molecule has 0 saturated heterocycles. The van der Waals surface area contributed by atoms with E-state index in [1.54, 1.807) is 12.1 Å². The number of carbonyl (C=O) groups excluding carboxylic acids is 2. The number of aliphatic hydroxyl groups is 1. The topological polar surface area (TPSA) is 72.8 Å². The molecule has 5 atom stereocenters. The zero-order valence-electron chi connectivity index (χ0n) is 18.0. The first kappa shape index (κ1) is 21.8. The molecular weight excluding hydrogens is 368 g/mol. The molecule has 0 bridgehead atoms. The van der Waals surface area contributed by atoms with Crippen LogP contribution in [0.25, 0.3) is 0 Å². The number of fused-ring (bicyclic) bond motifs is 1. The van der Waals surface area contributed by atoms with Crippen LogP contribution in [0, 0.1) is 28.6 Å². The van der Waals surface area contributed by atoms with Gasteiger partial charge in [0.15, 0.2) is 0 Å². The highest BCUT2D eigenvalue weighted by atomic mass is 16.5. The Morgan fingerprint density at radius 1 is 1.10 bits per heavy atom. The Balaban J connectivity index is 1.81. The number of benzene rings is 1. The van der Waals surface area contributed by atoms with Crippen molar-refractivity contribution in [2.75, 3.05) is 13.2 Å². The van der Waals surface area contributed by atoms with E-state index in [0.717, 1.165) is 25.7 Å². The van der Waals surface area contributed by atoms with E-state index in [2.05, 4.69) is 20.8 Å². The molecule has 1 aromatic rings. The van der Waals surface area contributed by atoms with E-state index in [0.29, 0.717) is 18.1 Å². The van der Waals surface area contributed by atoms with Gasteiger partial charge in [-0.15, -0.1) is 0 Å². The Morgan fingerprint density at radius 3 is 2.41 bits per heavy atom. The molecule has 1 aromatic carbocycles. The van der Waals surface area contributed by atoms with E-state index < -0.39 is 0 Å². The van der Waals surface area contributed by atoms with Gasteiger partial charge in [-0.1, -0.05) is 39.0 Å². The second-order valence-electron chi connectivity index (χ2n) is 9.61. The molecule has 2 aliphatic rings. The van der Waals surface area contributed by atoms with Gasteiger partial charge in [-0.05, 0) is 55.1 Å². The molecule has 0 spiro atoms. The lowest BCUT2D eigenvalue weighted by atomic mass is 9.46. The fraction of sp³-hybridized carbons (Fsp3) is 0.667. The monoisotopic (exact) mass is 402 g/mol. The zero-order valence-corrected chi connectivity index (χ0v) is 18.0. The lowest BCUT2D eigenvalue weighted by Gasteiger charge is -2.60. The summed E-state index contributed by atoms with van der Waals surface area (Å²) >= 11 is 0. The van der Waals surface area contributed by atoms with Crippen LogP contribution in [0.4, 0.5) is 0 Å². The van der Waals surface area contributed by atoms with Crippen molar-refractivity contribution in [2.24, 2.45) is 28.6 Å². The Bertz CT molecular complexity index is 728. The third kappa shape index (κ3) is 4.20. The number of carbonyl (C=O) groups is 2. The number of esters is 2. The fourth-order valence-electron chi connectivity index (χ4n) is 6.06. The van der Waals surface area contributed by atoms with E-state index in [9.17, 15) is 14.7 Å². The minimum absolute atomic E-state index is 0.0692. The van der Waals surface area contributed by atoms with Crippen molar-refractivity contribution in [3.63, 3.8) is 0 Å². The van der Waals surface area contributed by atoms with Gasteiger partial charge in [0.1, 0.15) is 6.10 Å². The van der Waals surface area contributed by atoms with Crippen molar-refractivity contribution >= 4 is 11.9 Å². The van der Waals surface area contributed by atoms with Gasteiger partial charge in [0.05, 0.1) is 12.2 Å². The Kier molecular flexibility index (Phi) is 6.37. The van der Waals surface area contributed by atoms with Crippen LogP contribution in [0.3, 0.4) is 0 Å². The van der Waals surface area contributed by atoms with E-state index >= 15 is 0 Å². The molecular formula is C24H34O5. The average molecular weight is 403 g/mol. The maximum atomic E-state index is 12.7. The molecule has 160 valence electrons. The van der Waals surface area contributed by atoms with Crippen LogP contribution >= 0.6 is 0 Å². The molecule has 0 heterocycles. The first-order chi connectivity index (χ1) is 13.7. The molecule has 0 aliphatic heterocycles. The van der Waals surface area contributed by atoms with Crippen molar-refractivity contribution in [2.45, 2.75) is 59.5 Å². The summed E-state index contributed by atoms with van der Waals surface area (Å²) in [6.45, 7) is 8.55. The summed E-state index contributed by atoms with van der Waals surface area (Å²) in [5.41, 5.74) is 0.306. The van der Waals surface area contributed by atoms with Crippen LogP contribution in [0.15, 0.2) is 30.3 Å². The van der Waals surface area contributed by atoms with Crippen LogP contribution in [-0.2, 0) is 14.3 Å². The van der Waals surface area contributed by atoms with Crippen molar-refractivity contribution < 1.29 is 24.2 Å². The summed E-state index contributed by atoms with van der Waals surface area (Å²) < 4.78 is 11.4. The molecule has 0 aromatic heterocycles. The van der Waals surface area contributed by atoms with Gasteiger partial charge in [-0.2, -0.15) is 0 Å². The second-order valence-corrected chi connectivity index (χ2v) is 9.61. The summed E-state index contributed by atoms with van der Waals surface area (Å²) in [5, 5.41) is 9.95. The molecule has 5 heteroatoms. The SMILES string of the molecule is CC(=O)OC[C@H]1[C@@H](CO)CC[C@H]2C(C)(C)[C@@H](OC(=O)c3ccccc3)CC[C@]12C. The number of aliphatic hydroxyl groups excluding tert-OH is 1. The summed E-state index contributed by atoms with van der Waals surface area (Å²) in [7, 11) is 0. The second kappa shape index (κ2) is 8.47. The van der Waals surface area contributed by atoms with Crippen molar-refractivity contribution in [3.8, 4) is 0 Å². The summed E-state index contributed by atoms with van der Waals surface area (Å²) in [4.78, 5) is 24.1. The zero-order chi connectivity index (χ0) is 21.2. The third-order valence-electron chi connectivity index (χ3n) is 7.67. The van der Waals surface area contributed by atoms with Gasteiger partial charge in [0.2, 0.25) is 0 Å². The highest BCUT2D eigenvalue weighted by molar-refractivity contribution is 5.89. The maximum Gasteiger partial charge on any atom is 0.338 e. The van der Waals surface area contributed by atoms with E-state index in [4.69, 9.17) is 9.47 Å². The van der Waals surface area contributed by atoms with Gasteiger partial charge in [0, 0.05) is 24.9 Å². The molecule has 1 N–H and O–H groups in total. The average Bonchev–Trinajstić information content (AvgIpc) is 2.69. The van der Waals surface area contributed by atoms with Gasteiger partial charge in [-0.3, -0.25) is 4.79 Å². The molecule has 29 heavy (non-hydrogen) atoms. The van der Waals surface area contributed by atoms with Crippen LogP contribution in [-0.4, -0.2) is 36.4 Å². The van der Waals surface area contributed by atoms with Gasteiger partial charge >= 0.3 is 11.9 Å². The standard InChI is InChI=1S/C24H34O5/c1-16(26)28-15-19-18(14-25)10-11-20-23(2,3)21(12-13-24(19,20)4)29-22(27)17-8-6-5-7-9-17/h5-9,18-21,25H,10-15H2,1-4H3/t18-,19+,20+,21+,24-/m1/s1. The van der Waals surface area contributed by atoms with E-state index in [1.165, 1.54) is 6.92 Å². The third-order valence-corrected chi connectivity index (χ3v) is 7.67. The van der Waals surface area contributed by atoms with Crippen molar-refractivity contribution in [1.29, 1.82) is 0 Å². The largest absolute Gasteiger partial charge is 0.466 e. The van der Waals surface area contributed by atoms with Gasteiger partial charge in [0.25, 0.3) is 0 Å². The molecule has 5 nitrogen and oxygen atoms in total. The van der Waals surface area contributed by atoms with Crippen LogP contribution < -0.4 is 0 Å². The van der Waals surface area contributed by atoms with Crippen molar-refractivity contribution in [3.05, 3.63) is 35.9 Å². The Hall–Kier alpha value is -1.88. The molecule has 2 saturated carbocycles. The smallest absolute Gasteiger partial charge is 0.338 e. The highest BCUT2D eigenvalue weighted by Crippen LogP contribution is 2.61. The fourth-order valence-corrected chi connectivity index (χ4v) is 6.06. The predicted molar refractivity (Wildman–Crippen MR) is 110 cm³/mol. The normalized spacial score (nSPS) is 33.4. The summed E-state index contributed by atoms with van der Waals surface area (Å²) in [5.74, 6) is 0.0145. The first-order valence-corrected chi connectivity index (χ1v) is 10.7. The van der Waals surface area contributed by atoms with E-state index in [-0.39, 0.29) is 47.3 Å². The predicted octanol–water partition coefficient (Wildman–Crippen LogP) is 4.24. The molecule has 3 rings (SSSR count). The molecule has 2 fully saturated rings. The quantitative estimate of drug-likeness (QED) is 0.746. The summed E-state index contributed by atoms with van der Waals surface area (Å²) in [6, 6.07) is 9.13. The van der Waals surface area contributed by atoms with Crippen LogP contribution in [0.1, 0.15) is 63.7 Å². The van der Waals surface area contributed by atoms with Gasteiger partial charge < -0.3 is 14.6 Å². The summed E-state index contributed by atoms with van der Waals surface area (Å²) in [6.07, 6.45) is 3.37. The van der Waals surface area contributed by atoms with Crippen LogP contribution in [0.2, 0.25) is 0 Å². The molecule has 0 unspecified atom stereocenters. The number of ether oxygens (including phenoxy) is 2. The van der Waals surface area contributed by atoms with Crippen LogP contribution in [0.5, 0.6) is 0 Å². The minimum atomic E-state index is -0.280. The minimum Gasteiger partial charge on any atom is -0.466 e. The Labute approximate surface area is 173 Å².